The van der Waals surface area contributed by atoms with E-state index in [0.717, 1.165) is 6.07 Å². The number of sulfonamides is 1. The Morgan fingerprint density at radius 1 is 1.33 bits per heavy atom. The second-order valence-corrected chi connectivity index (χ2v) is 6.15. The summed E-state index contributed by atoms with van der Waals surface area (Å²) < 4.78 is 31.1. The van der Waals surface area contributed by atoms with Crippen LogP contribution in [-0.2, 0) is 10.0 Å². The van der Waals surface area contributed by atoms with Gasteiger partial charge in [0.25, 0.3) is 5.69 Å². The van der Waals surface area contributed by atoms with Crippen LogP contribution in [0.15, 0.2) is 23.1 Å². The predicted octanol–water partition coefficient (Wildman–Crippen LogP) is 0.619. The number of nitrogens with one attached hydrogen (secondary N) is 1. The summed E-state index contributed by atoms with van der Waals surface area (Å²) >= 11 is 0. The standard InChI is InChI=1S/C11H15N3O5S.ClH/c1-19-9-2-3-11(10(8-9)14(15)16)20(17,18)13-6-4-12-5-7-13;/h2-3,8,12H,4-7H2,1H3;1H. The van der Waals surface area contributed by atoms with Gasteiger partial charge in [0.2, 0.25) is 10.0 Å². The number of hydrogen-bond donors (Lipinski definition) is 1. The van der Waals surface area contributed by atoms with Crippen molar-refractivity contribution in [2.75, 3.05) is 33.3 Å². The monoisotopic (exact) mass is 337 g/mol. The van der Waals surface area contributed by atoms with Gasteiger partial charge in [0.15, 0.2) is 4.90 Å². The van der Waals surface area contributed by atoms with Crippen molar-refractivity contribution in [1.29, 1.82) is 0 Å². The number of nitrogens with zero attached hydrogens (tertiary/aromatic N) is 2. The zero-order valence-electron chi connectivity index (χ0n) is 11.3. The van der Waals surface area contributed by atoms with E-state index in [1.807, 2.05) is 0 Å². The van der Waals surface area contributed by atoms with E-state index in [2.05, 4.69) is 5.32 Å². The minimum atomic E-state index is -3.87. The van der Waals surface area contributed by atoms with E-state index in [1.165, 1.54) is 23.5 Å². The van der Waals surface area contributed by atoms with Gasteiger partial charge in [-0.2, -0.15) is 4.31 Å². The lowest BCUT2D eigenvalue weighted by Crippen LogP contribution is -2.46. The molecule has 0 spiro atoms. The molecule has 1 heterocycles. The van der Waals surface area contributed by atoms with E-state index in [1.54, 1.807) is 0 Å². The van der Waals surface area contributed by atoms with E-state index in [-0.39, 0.29) is 23.1 Å². The number of rotatable bonds is 4. The number of hydrogen-bond acceptors (Lipinski definition) is 6. The molecule has 0 saturated carbocycles. The van der Waals surface area contributed by atoms with Crippen LogP contribution in [0.25, 0.3) is 0 Å². The second kappa shape index (κ2) is 7.03. The number of benzene rings is 1. The molecule has 0 aliphatic carbocycles. The lowest BCUT2D eigenvalue weighted by Gasteiger charge is -2.26. The topological polar surface area (TPSA) is 102 Å². The lowest BCUT2D eigenvalue weighted by atomic mass is 10.3. The van der Waals surface area contributed by atoms with Gasteiger partial charge in [0, 0.05) is 26.2 Å². The highest BCUT2D eigenvalue weighted by molar-refractivity contribution is 7.89. The first-order chi connectivity index (χ1) is 9.46. The van der Waals surface area contributed by atoms with Crippen molar-refractivity contribution in [3.05, 3.63) is 28.3 Å². The Balaban J connectivity index is 0.00000220. The zero-order valence-corrected chi connectivity index (χ0v) is 12.9. The Labute approximate surface area is 128 Å². The number of ether oxygens (including phenoxy) is 1. The van der Waals surface area contributed by atoms with Gasteiger partial charge >= 0.3 is 0 Å². The van der Waals surface area contributed by atoms with Gasteiger partial charge in [0.05, 0.1) is 18.1 Å². The molecule has 1 aliphatic heterocycles. The molecule has 0 aromatic heterocycles. The van der Waals surface area contributed by atoms with Crippen molar-refractivity contribution in [3.63, 3.8) is 0 Å². The highest BCUT2D eigenvalue weighted by atomic mass is 35.5. The fourth-order valence-corrected chi connectivity index (χ4v) is 3.59. The fraction of sp³-hybridized carbons (Fsp3) is 0.455. The SMILES string of the molecule is COc1ccc(S(=O)(=O)N2CCNCC2)c([N+](=O)[O-])c1.Cl. The molecule has 1 aliphatic rings. The predicted molar refractivity (Wildman–Crippen MR) is 78.5 cm³/mol. The molecule has 0 radical (unpaired) electrons. The van der Waals surface area contributed by atoms with Crippen LogP contribution in [-0.4, -0.2) is 50.9 Å². The molecule has 21 heavy (non-hydrogen) atoms. The normalized spacial score (nSPS) is 16.0. The van der Waals surface area contributed by atoms with Gasteiger partial charge in [-0.1, -0.05) is 0 Å². The fourth-order valence-electron chi connectivity index (χ4n) is 2.01. The lowest BCUT2D eigenvalue weighted by molar-refractivity contribution is -0.387. The van der Waals surface area contributed by atoms with Crippen LogP contribution < -0.4 is 10.1 Å². The Morgan fingerprint density at radius 3 is 2.48 bits per heavy atom. The van der Waals surface area contributed by atoms with Crippen molar-refractivity contribution in [1.82, 2.24) is 9.62 Å². The maximum Gasteiger partial charge on any atom is 0.293 e. The average molecular weight is 338 g/mol. The van der Waals surface area contributed by atoms with Gasteiger partial charge in [0.1, 0.15) is 5.75 Å². The van der Waals surface area contributed by atoms with Gasteiger partial charge in [-0.3, -0.25) is 10.1 Å². The molecule has 118 valence electrons. The minimum Gasteiger partial charge on any atom is -0.497 e. The molecule has 0 amide bonds. The van der Waals surface area contributed by atoms with Crippen LogP contribution in [0.2, 0.25) is 0 Å². The molecule has 1 N–H and O–H groups in total. The molecule has 1 saturated heterocycles. The average Bonchev–Trinajstić information content (AvgIpc) is 2.47. The van der Waals surface area contributed by atoms with Gasteiger partial charge in [-0.05, 0) is 12.1 Å². The van der Waals surface area contributed by atoms with E-state index in [9.17, 15) is 18.5 Å². The quantitative estimate of drug-likeness (QED) is 0.638. The number of nitro benzene ring substituents is 1. The maximum atomic E-state index is 12.5. The third kappa shape index (κ3) is 3.62. The van der Waals surface area contributed by atoms with Crippen molar-refractivity contribution >= 4 is 28.1 Å². The Hall–Kier alpha value is -1.42. The molecular formula is C11H16ClN3O5S. The van der Waals surface area contributed by atoms with Crippen LogP contribution >= 0.6 is 12.4 Å². The second-order valence-electron chi connectivity index (χ2n) is 4.24. The molecule has 0 atom stereocenters. The van der Waals surface area contributed by atoms with Crippen molar-refractivity contribution in [3.8, 4) is 5.75 Å². The van der Waals surface area contributed by atoms with E-state index in [4.69, 9.17) is 4.74 Å². The molecule has 2 rings (SSSR count). The molecular weight excluding hydrogens is 322 g/mol. The maximum absolute atomic E-state index is 12.5. The molecule has 1 fully saturated rings. The van der Waals surface area contributed by atoms with Crippen LogP contribution in [0.1, 0.15) is 0 Å². The van der Waals surface area contributed by atoms with Crippen LogP contribution in [0.5, 0.6) is 5.75 Å². The van der Waals surface area contributed by atoms with Crippen LogP contribution in [0, 0.1) is 10.1 Å². The number of piperazine rings is 1. The highest BCUT2D eigenvalue weighted by Gasteiger charge is 2.32. The summed E-state index contributed by atoms with van der Waals surface area (Å²) in [6.07, 6.45) is 0. The third-order valence-electron chi connectivity index (χ3n) is 3.06. The smallest absolute Gasteiger partial charge is 0.293 e. The summed E-state index contributed by atoms with van der Waals surface area (Å²) in [7, 11) is -2.50. The summed E-state index contributed by atoms with van der Waals surface area (Å²) in [6.45, 7) is 1.66. The van der Waals surface area contributed by atoms with Gasteiger partial charge in [-0.15, -0.1) is 12.4 Å². The number of nitro groups is 1. The molecule has 10 heteroatoms. The first-order valence-electron chi connectivity index (χ1n) is 6.00. The van der Waals surface area contributed by atoms with Crippen LogP contribution in [0.4, 0.5) is 5.69 Å². The Bertz CT molecular complexity index is 616. The molecule has 0 unspecified atom stereocenters. The van der Waals surface area contributed by atoms with E-state index < -0.39 is 20.6 Å². The Morgan fingerprint density at radius 2 is 1.95 bits per heavy atom. The van der Waals surface area contributed by atoms with Crippen molar-refractivity contribution < 1.29 is 18.1 Å². The molecule has 1 aromatic rings. The summed E-state index contributed by atoms with van der Waals surface area (Å²) in [5.74, 6) is 0.246. The largest absolute Gasteiger partial charge is 0.497 e. The summed E-state index contributed by atoms with van der Waals surface area (Å²) in [5.41, 5.74) is -0.470. The minimum absolute atomic E-state index is 0. The van der Waals surface area contributed by atoms with E-state index in [0.29, 0.717) is 26.2 Å². The molecule has 1 aromatic carbocycles. The summed E-state index contributed by atoms with van der Waals surface area (Å²) in [4.78, 5) is 10.1. The first kappa shape index (κ1) is 17.6. The van der Waals surface area contributed by atoms with Crippen molar-refractivity contribution in [2.24, 2.45) is 0 Å². The zero-order chi connectivity index (χ0) is 14.8. The van der Waals surface area contributed by atoms with Crippen LogP contribution in [0.3, 0.4) is 0 Å². The van der Waals surface area contributed by atoms with E-state index >= 15 is 0 Å². The molecule has 8 nitrogen and oxygen atoms in total. The first-order valence-corrected chi connectivity index (χ1v) is 7.44. The Kier molecular flexibility index (Phi) is 5.90. The highest BCUT2D eigenvalue weighted by Crippen LogP contribution is 2.30. The van der Waals surface area contributed by atoms with Gasteiger partial charge < -0.3 is 10.1 Å². The number of halogens is 1. The van der Waals surface area contributed by atoms with Crippen molar-refractivity contribution in [2.45, 2.75) is 4.90 Å². The molecule has 0 bridgehead atoms. The summed E-state index contributed by atoms with van der Waals surface area (Å²) in [6, 6.07) is 3.74. The summed E-state index contributed by atoms with van der Waals surface area (Å²) in [5, 5.41) is 14.1. The third-order valence-corrected chi connectivity index (χ3v) is 5.00. The van der Waals surface area contributed by atoms with Gasteiger partial charge in [-0.25, -0.2) is 8.42 Å². The number of methoxy groups -OCH3 is 1.